The molecule has 0 radical (unpaired) electrons. The molecule has 0 aliphatic rings. The van der Waals surface area contributed by atoms with E-state index in [9.17, 15) is 9.59 Å². The SMILES string of the molecule is CCOc1ccc(NC(=O)Oc2ccccc2)cc1C(=O)Cc1ccccc1. The first-order valence-electron chi connectivity index (χ1n) is 9.03. The van der Waals surface area contributed by atoms with Gasteiger partial charge in [-0.05, 0) is 42.8 Å². The summed E-state index contributed by atoms with van der Waals surface area (Å²) in [7, 11) is 0. The van der Waals surface area contributed by atoms with E-state index < -0.39 is 6.09 Å². The van der Waals surface area contributed by atoms with E-state index in [2.05, 4.69) is 5.32 Å². The molecule has 0 aliphatic carbocycles. The molecule has 1 amide bonds. The van der Waals surface area contributed by atoms with E-state index in [4.69, 9.17) is 9.47 Å². The lowest BCUT2D eigenvalue weighted by Crippen LogP contribution is -2.17. The predicted octanol–water partition coefficient (Wildman–Crippen LogP) is 5.12. The maximum Gasteiger partial charge on any atom is 0.417 e. The van der Waals surface area contributed by atoms with Crippen LogP contribution in [-0.4, -0.2) is 18.5 Å². The van der Waals surface area contributed by atoms with Crippen LogP contribution in [0.4, 0.5) is 10.5 Å². The van der Waals surface area contributed by atoms with Gasteiger partial charge < -0.3 is 9.47 Å². The molecule has 0 aliphatic heterocycles. The average molecular weight is 375 g/mol. The monoisotopic (exact) mass is 375 g/mol. The molecule has 0 aromatic heterocycles. The highest BCUT2D eigenvalue weighted by molar-refractivity contribution is 6.01. The summed E-state index contributed by atoms with van der Waals surface area (Å²) >= 11 is 0. The van der Waals surface area contributed by atoms with Gasteiger partial charge in [0.15, 0.2) is 5.78 Å². The van der Waals surface area contributed by atoms with Crippen LogP contribution < -0.4 is 14.8 Å². The maximum absolute atomic E-state index is 12.8. The van der Waals surface area contributed by atoms with Gasteiger partial charge in [0.1, 0.15) is 11.5 Å². The van der Waals surface area contributed by atoms with Crippen molar-refractivity contribution in [2.24, 2.45) is 0 Å². The Balaban J connectivity index is 1.76. The Morgan fingerprint density at radius 3 is 2.25 bits per heavy atom. The topological polar surface area (TPSA) is 64.6 Å². The second kappa shape index (κ2) is 9.37. The van der Waals surface area contributed by atoms with E-state index in [-0.39, 0.29) is 12.2 Å². The molecule has 5 nitrogen and oxygen atoms in total. The van der Waals surface area contributed by atoms with Crippen LogP contribution in [0.15, 0.2) is 78.9 Å². The fourth-order valence-electron chi connectivity index (χ4n) is 2.72. The zero-order chi connectivity index (χ0) is 19.8. The molecule has 0 unspecified atom stereocenters. The van der Waals surface area contributed by atoms with E-state index >= 15 is 0 Å². The van der Waals surface area contributed by atoms with Crippen LogP contribution in [0.2, 0.25) is 0 Å². The minimum Gasteiger partial charge on any atom is -0.493 e. The highest BCUT2D eigenvalue weighted by Gasteiger charge is 2.15. The van der Waals surface area contributed by atoms with Crippen molar-refractivity contribution >= 4 is 17.6 Å². The van der Waals surface area contributed by atoms with E-state index in [1.807, 2.05) is 43.3 Å². The number of ketones is 1. The number of hydrogen-bond donors (Lipinski definition) is 1. The van der Waals surface area contributed by atoms with Crippen molar-refractivity contribution in [2.75, 3.05) is 11.9 Å². The number of rotatable bonds is 7. The fraction of sp³-hybridized carbons (Fsp3) is 0.130. The van der Waals surface area contributed by atoms with Crippen molar-refractivity contribution in [1.29, 1.82) is 0 Å². The van der Waals surface area contributed by atoms with Gasteiger partial charge in [0, 0.05) is 12.1 Å². The first kappa shape index (κ1) is 19.2. The zero-order valence-corrected chi connectivity index (χ0v) is 15.6. The van der Waals surface area contributed by atoms with Gasteiger partial charge in [-0.2, -0.15) is 0 Å². The predicted molar refractivity (Wildman–Crippen MR) is 108 cm³/mol. The van der Waals surface area contributed by atoms with Crippen molar-refractivity contribution in [1.82, 2.24) is 0 Å². The number of anilines is 1. The highest BCUT2D eigenvalue weighted by atomic mass is 16.6. The summed E-state index contributed by atoms with van der Waals surface area (Å²) in [5.74, 6) is 0.839. The minimum atomic E-state index is -0.628. The van der Waals surface area contributed by atoms with Gasteiger partial charge in [0.05, 0.1) is 12.2 Å². The van der Waals surface area contributed by atoms with Crippen molar-refractivity contribution in [3.8, 4) is 11.5 Å². The van der Waals surface area contributed by atoms with Crippen molar-refractivity contribution in [2.45, 2.75) is 13.3 Å². The fourth-order valence-corrected chi connectivity index (χ4v) is 2.72. The number of hydrogen-bond acceptors (Lipinski definition) is 4. The molecule has 3 aromatic carbocycles. The Labute approximate surface area is 163 Å². The Morgan fingerprint density at radius 2 is 1.57 bits per heavy atom. The largest absolute Gasteiger partial charge is 0.493 e. The highest BCUT2D eigenvalue weighted by Crippen LogP contribution is 2.25. The van der Waals surface area contributed by atoms with Crippen molar-refractivity contribution in [3.05, 3.63) is 90.0 Å². The number of Topliss-reactive ketones (excluding diaryl/α,β-unsaturated/α-hetero) is 1. The van der Waals surface area contributed by atoms with Gasteiger partial charge in [0.2, 0.25) is 0 Å². The lowest BCUT2D eigenvalue weighted by Gasteiger charge is -2.12. The van der Waals surface area contributed by atoms with Crippen LogP contribution in [0.3, 0.4) is 0 Å². The molecule has 0 atom stereocenters. The number of carbonyl (C=O) groups is 2. The van der Waals surface area contributed by atoms with Gasteiger partial charge >= 0.3 is 6.09 Å². The lowest BCUT2D eigenvalue weighted by atomic mass is 10.0. The molecular weight excluding hydrogens is 354 g/mol. The third-order valence-corrected chi connectivity index (χ3v) is 3.99. The second-order valence-electron chi connectivity index (χ2n) is 6.06. The summed E-state index contributed by atoms with van der Waals surface area (Å²) in [6.45, 7) is 2.29. The van der Waals surface area contributed by atoms with Gasteiger partial charge in [-0.1, -0.05) is 48.5 Å². The zero-order valence-electron chi connectivity index (χ0n) is 15.6. The summed E-state index contributed by atoms with van der Waals surface area (Å²) in [4.78, 5) is 24.9. The first-order chi connectivity index (χ1) is 13.7. The summed E-state index contributed by atoms with van der Waals surface area (Å²) in [5.41, 5.74) is 1.79. The average Bonchev–Trinajstić information content (AvgIpc) is 2.70. The standard InChI is InChI=1S/C23H21NO4/c1-2-27-22-14-13-18(24-23(26)28-19-11-7-4-8-12-19)16-20(22)21(25)15-17-9-5-3-6-10-17/h3-14,16H,2,15H2,1H3,(H,24,26). The van der Waals surface area contributed by atoms with Crippen LogP contribution in [0.25, 0.3) is 0 Å². The Kier molecular flexibility index (Phi) is 6.41. The molecule has 0 saturated heterocycles. The molecule has 5 heteroatoms. The molecule has 28 heavy (non-hydrogen) atoms. The summed E-state index contributed by atoms with van der Waals surface area (Å²) in [6.07, 6.45) is -0.379. The van der Waals surface area contributed by atoms with E-state index in [0.717, 1.165) is 5.56 Å². The Bertz CT molecular complexity index is 939. The smallest absolute Gasteiger partial charge is 0.417 e. The molecule has 0 spiro atoms. The molecular formula is C23H21NO4. The van der Waals surface area contributed by atoms with E-state index in [0.29, 0.717) is 29.4 Å². The maximum atomic E-state index is 12.8. The van der Waals surface area contributed by atoms with E-state index in [1.165, 1.54) is 0 Å². The van der Waals surface area contributed by atoms with E-state index in [1.54, 1.807) is 42.5 Å². The minimum absolute atomic E-state index is 0.0882. The molecule has 142 valence electrons. The number of carbonyl (C=O) groups excluding carboxylic acids is 2. The quantitative estimate of drug-likeness (QED) is 0.582. The van der Waals surface area contributed by atoms with Crippen molar-refractivity contribution < 1.29 is 19.1 Å². The first-order valence-corrected chi connectivity index (χ1v) is 9.03. The van der Waals surface area contributed by atoms with Gasteiger partial charge in [-0.25, -0.2) is 4.79 Å². The Hall–Kier alpha value is -3.60. The van der Waals surface area contributed by atoms with Gasteiger partial charge in [0.25, 0.3) is 0 Å². The number of para-hydroxylation sites is 1. The molecule has 0 saturated carbocycles. The molecule has 1 N–H and O–H groups in total. The van der Waals surface area contributed by atoms with Crippen LogP contribution in [0, 0.1) is 0 Å². The Morgan fingerprint density at radius 1 is 0.893 bits per heavy atom. The molecule has 3 aromatic rings. The number of amides is 1. The summed E-state index contributed by atoms with van der Waals surface area (Å²) < 4.78 is 10.8. The number of ether oxygens (including phenoxy) is 2. The van der Waals surface area contributed by atoms with Crippen LogP contribution in [0.1, 0.15) is 22.8 Å². The third-order valence-electron chi connectivity index (χ3n) is 3.99. The van der Waals surface area contributed by atoms with Gasteiger partial charge in [-0.3, -0.25) is 10.1 Å². The summed E-state index contributed by atoms with van der Waals surface area (Å²) in [6, 6.07) is 23.2. The molecule has 0 heterocycles. The van der Waals surface area contributed by atoms with Crippen molar-refractivity contribution in [3.63, 3.8) is 0 Å². The number of benzene rings is 3. The molecule has 0 fully saturated rings. The van der Waals surface area contributed by atoms with Crippen LogP contribution in [-0.2, 0) is 6.42 Å². The third kappa shape index (κ3) is 5.20. The lowest BCUT2D eigenvalue weighted by molar-refractivity contribution is 0.0989. The molecule has 3 rings (SSSR count). The van der Waals surface area contributed by atoms with Gasteiger partial charge in [-0.15, -0.1) is 0 Å². The normalized spacial score (nSPS) is 10.2. The van der Waals surface area contributed by atoms with Crippen LogP contribution >= 0.6 is 0 Å². The molecule has 0 bridgehead atoms. The summed E-state index contributed by atoms with van der Waals surface area (Å²) in [5, 5.41) is 2.65. The van der Waals surface area contributed by atoms with Crippen LogP contribution in [0.5, 0.6) is 11.5 Å². The second-order valence-corrected chi connectivity index (χ2v) is 6.06. The number of nitrogens with one attached hydrogen (secondary N) is 1.